The van der Waals surface area contributed by atoms with Gasteiger partial charge in [-0.25, -0.2) is 4.79 Å². The van der Waals surface area contributed by atoms with Gasteiger partial charge in [0.15, 0.2) is 0 Å². The molecule has 3 atom stereocenters. The van der Waals surface area contributed by atoms with Gasteiger partial charge in [0.05, 0.1) is 6.04 Å². The first-order valence-corrected chi connectivity index (χ1v) is 12.7. The molecule has 5 heteroatoms. The van der Waals surface area contributed by atoms with Crippen molar-refractivity contribution in [3.63, 3.8) is 0 Å². The van der Waals surface area contributed by atoms with Gasteiger partial charge in [-0.15, -0.1) is 0 Å². The molecule has 5 rings (SSSR count). The summed E-state index contributed by atoms with van der Waals surface area (Å²) in [5, 5.41) is 11.9. The van der Waals surface area contributed by atoms with Crippen molar-refractivity contribution in [2.45, 2.75) is 51.1 Å². The third kappa shape index (κ3) is 7.31. The summed E-state index contributed by atoms with van der Waals surface area (Å²) in [6, 6.07) is 20.5. The summed E-state index contributed by atoms with van der Waals surface area (Å²) in [5.41, 5.74) is 2.43. The van der Waals surface area contributed by atoms with Crippen LogP contribution in [-0.2, 0) is 6.54 Å². The summed E-state index contributed by atoms with van der Waals surface area (Å²) in [6.07, 6.45) is 7.35. The fraction of sp³-hybridized carbons (Fsp3) is 0.536. The number of nitrogens with zero attached hydrogens (tertiary/aromatic N) is 2. The molecule has 0 radical (unpaired) electrons. The van der Waals surface area contributed by atoms with Crippen molar-refractivity contribution in [3.8, 4) is 0 Å². The highest BCUT2D eigenvalue weighted by Crippen LogP contribution is 2.32. The lowest BCUT2D eigenvalue weighted by Crippen LogP contribution is -2.33. The molecule has 1 aliphatic carbocycles. The minimum Gasteiger partial charge on any atom is -0.465 e. The smallest absolute Gasteiger partial charge is 0.405 e. The second-order valence-electron chi connectivity index (χ2n) is 9.93. The zero-order valence-corrected chi connectivity index (χ0v) is 19.7. The van der Waals surface area contributed by atoms with Crippen LogP contribution in [-0.4, -0.2) is 53.7 Å². The molecule has 178 valence electrons. The molecule has 2 N–H and O–H groups in total. The molecule has 5 nitrogen and oxygen atoms in total. The lowest BCUT2D eigenvalue weighted by molar-refractivity contribution is 0.186. The van der Waals surface area contributed by atoms with Crippen LogP contribution in [0.4, 0.5) is 4.79 Å². The number of rotatable bonds is 7. The highest BCUT2D eigenvalue weighted by molar-refractivity contribution is 5.65. The van der Waals surface area contributed by atoms with Crippen LogP contribution in [0.25, 0.3) is 0 Å². The molecule has 2 aliphatic heterocycles. The Labute approximate surface area is 198 Å². The number of likely N-dealkylation sites (tertiary alicyclic amines) is 2. The van der Waals surface area contributed by atoms with E-state index in [9.17, 15) is 9.90 Å². The Morgan fingerprint density at radius 3 is 1.88 bits per heavy atom. The van der Waals surface area contributed by atoms with Crippen LogP contribution in [0.15, 0.2) is 60.7 Å². The van der Waals surface area contributed by atoms with E-state index in [0.717, 1.165) is 50.0 Å². The molecule has 2 unspecified atom stereocenters. The second kappa shape index (κ2) is 12.2. The Kier molecular flexibility index (Phi) is 8.79. The van der Waals surface area contributed by atoms with Gasteiger partial charge < -0.3 is 15.3 Å². The van der Waals surface area contributed by atoms with Crippen LogP contribution >= 0.6 is 0 Å². The van der Waals surface area contributed by atoms with Gasteiger partial charge in [-0.3, -0.25) is 4.90 Å². The summed E-state index contributed by atoms with van der Waals surface area (Å²) in [4.78, 5) is 16.3. The van der Waals surface area contributed by atoms with Gasteiger partial charge in [0.25, 0.3) is 0 Å². The van der Waals surface area contributed by atoms with E-state index in [2.05, 4.69) is 45.4 Å². The molecular weight excluding hydrogens is 410 g/mol. The van der Waals surface area contributed by atoms with Gasteiger partial charge in [-0.1, -0.05) is 92.8 Å². The molecule has 0 bridgehead atoms. The maximum absolute atomic E-state index is 11.2. The van der Waals surface area contributed by atoms with Gasteiger partial charge in [0.2, 0.25) is 0 Å². The molecule has 1 amide bonds. The molecule has 3 aliphatic rings. The largest absolute Gasteiger partial charge is 0.465 e. The molecule has 2 aromatic carbocycles. The molecule has 2 saturated heterocycles. The van der Waals surface area contributed by atoms with E-state index < -0.39 is 6.09 Å². The van der Waals surface area contributed by atoms with Gasteiger partial charge in [0.1, 0.15) is 0 Å². The van der Waals surface area contributed by atoms with Crippen molar-refractivity contribution in [2.75, 3.05) is 32.7 Å². The normalized spacial score (nSPS) is 23.5. The number of hydrogen-bond acceptors (Lipinski definition) is 3. The Balaban J connectivity index is 0.000000459. The van der Waals surface area contributed by atoms with Gasteiger partial charge in [-0.05, 0) is 29.4 Å². The molecule has 2 heterocycles. The first kappa shape index (κ1) is 23.8. The maximum Gasteiger partial charge on any atom is 0.405 e. The van der Waals surface area contributed by atoms with E-state index >= 15 is 0 Å². The number of carboxylic acid groups (broad SMARTS) is 1. The van der Waals surface area contributed by atoms with Crippen LogP contribution in [0, 0.1) is 11.8 Å². The zero-order valence-electron chi connectivity index (χ0n) is 19.7. The average Bonchev–Trinajstić information content (AvgIpc) is 3.57. The summed E-state index contributed by atoms with van der Waals surface area (Å²) in [6.45, 7) is 6.59. The third-order valence-electron chi connectivity index (χ3n) is 7.37. The van der Waals surface area contributed by atoms with E-state index in [1.54, 1.807) is 0 Å². The van der Waals surface area contributed by atoms with Crippen LogP contribution in [0.5, 0.6) is 0 Å². The number of fused-ring (bicyclic) bond motifs is 1. The van der Waals surface area contributed by atoms with E-state index in [-0.39, 0.29) is 6.04 Å². The number of nitrogens with one attached hydrogen (secondary N) is 1. The lowest BCUT2D eigenvalue weighted by atomic mass is 10.0. The maximum atomic E-state index is 11.2. The predicted molar refractivity (Wildman–Crippen MR) is 133 cm³/mol. The molecule has 3 fully saturated rings. The average molecular weight is 450 g/mol. The fourth-order valence-electron chi connectivity index (χ4n) is 5.69. The second-order valence-corrected chi connectivity index (χ2v) is 9.93. The van der Waals surface area contributed by atoms with E-state index in [1.165, 1.54) is 50.8 Å². The minimum atomic E-state index is -0.955. The van der Waals surface area contributed by atoms with Crippen molar-refractivity contribution in [1.29, 1.82) is 0 Å². The predicted octanol–water partition coefficient (Wildman–Crippen LogP) is 5.40. The Morgan fingerprint density at radius 2 is 1.33 bits per heavy atom. The van der Waals surface area contributed by atoms with Gasteiger partial charge in [-0.2, -0.15) is 0 Å². The molecule has 2 aromatic rings. The number of carbonyl (C=O) groups is 1. The van der Waals surface area contributed by atoms with E-state index in [1.807, 2.05) is 30.3 Å². The number of amides is 1. The van der Waals surface area contributed by atoms with Crippen molar-refractivity contribution in [3.05, 3.63) is 71.8 Å². The standard InChI is InChI=1S/C23H29N3O2.C5H10/c27-23(28)24-22(19-9-5-2-6-10-19)11-12-25-14-20-16-26(17-21(20)15-25)13-18-7-3-1-4-8-18;1-2-4-5-3-1/h1-10,20-22,24H,11-17H2,(H,27,28);1-5H2/t20-,21?,22?;/m0./s1. The number of benzene rings is 2. The minimum absolute atomic E-state index is 0.145. The van der Waals surface area contributed by atoms with E-state index in [0.29, 0.717) is 0 Å². The topological polar surface area (TPSA) is 55.8 Å². The van der Waals surface area contributed by atoms with Gasteiger partial charge >= 0.3 is 6.09 Å². The third-order valence-corrected chi connectivity index (χ3v) is 7.37. The number of hydrogen-bond donors (Lipinski definition) is 2. The Bertz CT molecular complexity index is 819. The summed E-state index contributed by atoms with van der Waals surface area (Å²) >= 11 is 0. The molecular formula is C28H39N3O2. The molecule has 0 spiro atoms. The van der Waals surface area contributed by atoms with Crippen LogP contribution < -0.4 is 5.32 Å². The van der Waals surface area contributed by atoms with Crippen LogP contribution in [0.1, 0.15) is 55.7 Å². The highest BCUT2D eigenvalue weighted by atomic mass is 16.4. The van der Waals surface area contributed by atoms with Crippen LogP contribution in [0.3, 0.4) is 0 Å². The first-order chi connectivity index (χ1) is 16.2. The Morgan fingerprint density at radius 1 is 0.818 bits per heavy atom. The SMILES string of the molecule is C1CCCC1.O=C(O)NC(CCN1CC2CN(Cc3ccccc3)C[C@@H]2C1)c1ccccc1. The molecule has 0 aromatic heterocycles. The summed E-state index contributed by atoms with van der Waals surface area (Å²) in [5.74, 6) is 1.48. The summed E-state index contributed by atoms with van der Waals surface area (Å²) < 4.78 is 0. The first-order valence-electron chi connectivity index (χ1n) is 12.7. The van der Waals surface area contributed by atoms with Crippen molar-refractivity contribution < 1.29 is 9.90 Å². The van der Waals surface area contributed by atoms with Crippen molar-refractivity contribution in [2.24, 2.45) is 11.8 Å². The highest BCUT2D eigenvalue weighted by Gasteiger charge is 2.39. The summed E-state index contributed by atoms with van der Waals surface area (Å²) in [7, 11) is 0. The van der Waals surface area contributed by atoms with Gasteiger partial charge in [0, 0.05) is 39.3 Å². The van der Waals surface area contributed by atoms with Crippen molar-refractivity contribution >= 4 is 6.09 Å². The molecule has 33 heavy (non-hydrogen) atoms. The van der Waals surface area contributed by atoms with Crippen molar-refractivity contribution in [1.82, 2.24) is 15.1 Å². The quantitative estimate of drug-likeness (QED) is 0.594. The fourth-order valence-corrected chi connectivity index (χ4v) is 5.69. The zero-order chi connectivity index (χ0) is 22.9. The van der Waals surface area contributed by atoms with E-state index in [4.69, 9.17) is 0 Å². The monoisotopic (exact) mass is 449 g/mol. The Hall–Kier alpha value is -2.37. The van der Waals surface area contributed by atoms with Crippen LogP contribution in [0.2, 0.25) is 0 Å². The molecule has 1 saturated carbocycles. The lowest BCUT2D eigenvalue weighted by Gasteiger charge is -2.24.